The van der Waals surface area contributed by atoms with Gasteiger partial charge in [0.25, 0.3) is 5.91 Å². The van der Waals surface area contributed by atoms with E-state index in [0.717, 1.165) is 24.9 Å². The average Bonchev–Trinajstić information content (AvgIpc) is 3.03. The van der Waals surface area contributed by atoms with Gasteiger partial charge in [0.15, 0.2) is 6.61 Å². The Bertz CT molecular complexity index is 690. The number of nitrogens with zero attached hydrogens (tertiary/aromatic N) is 4. The van der Waals surface area contributed by atoms with Crippen molar-refractivity contribution >= 4 is 11.9 Å². The second-order valence-corrected chi connectivity index (χ2v) is 7.16. The minimum Gasteiger partial charge on any atom is -0.484 e. The molecule has 0 spiro atoms. The van der Waals surface area contributed by atoms with Crippen molar-refractivity contribution in [3.05, 3.63) is 29.8 Å². The minimum absolute atomic E-state index is 0.00106. The summed E-state index contributed by atoms with van der Waals surface area (Å²) < 4.78 is 7.29. The maximum Gasteiger partial charge on any atom is 0.258 e. The van der Waals surface area contributed by atoms with Crippen LogP contribution in [0.4, 0.5) is 5.95 Å². The van der Waals surface area contributed by atoms with E-state index in [1.54, 1.807) is 4.68 Å². The number of ether oxygens (including phenoxy) is 1. The molecule has 0 aliphatic carbocycles. The first-order valence-corrected chi connectivity index (χ1v) is 8.90. The van der Waals surface area contributed by atoms with Crippen molar-refractivity contribution in [3.8, 4) is 5.75 Å². The summed E-state index contributed by atoms with van der Waals surface area (Å²) in [5.74, 6) is 1.19. The van der Waals surface area contributed by atoms with Crippen molar-refractivity contribution in [2.24, 2.45) is 0 Å². The van der Waals surface area contributed by atoms with Gasteiger partial charge in [0.1, 0.15) is 5.75 Å². The maximum absolute atomic E-state index is 11.8. The molecule has 1 heterocycles. The standard InChI is InChI=1S/C18H28N6O2/c1-5-6-11-24-17(21-22-23-24)19-12-14-7-9-15(10-8-14)26-13-16(25)20-18(2,3)4/h7-10H,5-6,11-13H2,1-4H3,(H,20,25)(H,19,21,23). The third-order valence-electron chi connectivity index (χ3n) is 3.51. The Morgan fingerprint density at radius 3 is 2.62 bits per heavy atom. The fraction of sp³-hybridized carbons (Fsp3) is 0.556. The van der Waals surface area contributed by atoms with Crippen LogP contribution in [0.1, 0.15) is 46.1 Å². The number of rotatable bonds is 9. The predicted octanol–water partition coefficient (Wildman–Crippen LogP) is 2.38. The molecule has 1 amide bonds. The number of carbonyl (C=O) groups excluding carboxylic acids is 1. The number of hydrogen-bond acceptors (Lipinski definition) is 6. The molecule has 0 aliphatic heterocycles. The number of anilines is 1. The van der Waals surface area contributed by atoms with Crippen LogP contribution in [0.15, 0.2) is 24.3 Å². The Labute approximate surface area is 154 Å². The lowest BCUT2D eigenvalue weighted by atomic mass is 10.1. The molecule has 0 unspecified atom stereocenters. The first kappa shape index (κ1) is 19.7. The van der Waals surface area contributed by atoms with Gasteiger partial charge in [-0.15, -0.1) is 0 Å². The van der Waals surface area contributed by atoms with Crippen LogP contribution in [0.3, 0.4) is 0 Å². The van der Waals surface area contributed by atoms with Crippen LogP contribution in [-0.4, -0.2) is 38.3 Å². The number of aryl methyl sites for hydroxylation is 1. The second kappa shape index (κ2) is 9.17. The van der Waals surface area contributed by atoms with E-state index in [2.05, 4.69) is 33.1 Å². The van der Waals surface area contributed by atoms with E-state index >= 15 is 0 Å². The molecule has 142 valence electrons. The Kier molecular flexibility index (Phi) is 6.94. The van der Waals surface area contributed by atoms with E-state index in [1.807, 2.05) is 45.0 Å². The average molecular weight is 360 g/mol. The van der Waals surface area contributed by atoms with Gasteiger partial charge in [0.05, 0.1) is 0 Å². The van der Waals surface area contributed by atoms with Crippen LogP contribution in [-0.2, 0) is 17.9 Å². The molecule has 2 aromatic rings. The highest BCUT2D eigenvalue weighted by atomic mass is 16.5. The van der Waals surface area contributed by atoms with Gasteiger partial charge in [-0.25, -0.2) is 4.68 Å². The molecule has 2 N–H and O–H groups in total. The van der Waals surface area contributed by atoms with Crippen molar-refractivity contribution in [2.45, 2.75) is 59.2 Å². The van der Waals surface area contributed by atoms with Gasteiger partial charge in [-0.2, -0.15) is 0 Å². The number of hydrogen-bond donors (Lipinski definition) is 2. The van der Waals surface area contributed by atoms with Gasteiger partial charge in [0.2, 0.25) is 5.95 Å². The Morgan fingerprint density at radius 2 is 1.96 bits per heavy atom. The molecule has 0 saturated carbocycles. The zero-order valence-electron chi connectivity index (χ0n) is 16.0. The molecule has 1 aromatic heterocycles. The first-order chi connectivity index (χ1) is 12.4. The molecule has 8 heteroatoms. The molecule has 0 radical (unpaired) electrons. The third-order valence-corrected chi connectivity index (χ3v) is 3.51. The summed E-state index contributed by atoms with van der Waals surface area (Å²) in [6.07, 6.45) is 2.13. The second-order valence-electron chi connectivity index (χ2n) is 7.16. The maximum atomic E-state index is 11.8. The monoisotopic (exact) mass is 360 g/mol. The SMILES string of the molecule is CCCCn1nnnc1NCc1ccc(OCC(=O)NC(C)(C)C)cc1. The van der Waals surface area contributed by atoms with Crippen LogP contribution < -0.4 is 15.4 Å². The summed E-state index contributed by atoms with van der Waals surface area (Å²) >= 11 is 0. The summed E-state index contributed by atoms with van der Waals surface area (Å²) in [5, 5.41) is 17.8. The fourth-order valence-corrected chi connectivity index (χ4v) is 2.28. The largest absolute Gasteiger partial charge is 0.484 e. The molecule has 0 bridgehead atoms. The number of unbranched alkanes of at least 4 members (excludes halogenated alkanes) is 1. The number of tetrazole rings is 1. The molecule has 0 saturated heterocycles. The van der Waals surface area contributed by atoms with Crippen LogP contribution in [0.5, 0.6) is 5.75 Å². The number of amides is 1. The van der Waals surface area contributed by atoms with Gasteiger partial charge in [0, 0.05) is 18.6 Å². The molecule has 0 atom stereocenters. The minimum atomic E-state index is -0.261. The van der Waals surface area contributed by atoms with Gasteiger partial charge in [-0.1, -0.05) is 30.6 Å². The van der Waals surface area contributed by atoms with Crippen LogP contribution in [0, 0.1) is 0 Å². The zero-order chi connectivity index (χ0) is 19.0. The summed E-state index contributed by atoms with van der Waals surface area (Å²) in [6, 6.07) is 7.59. The molecule has 8 nitrogen and oxygen atoms in total. The lowest BCUT2D eigenvalue weighted by Crippen LogP contribution is -2.43. The quantitative estimate of drug-likeness (QED) is 0.713. The van der Waals surface area contributed by atoms with E-state index in [0.29, 0.717) is 18.2 Å². The van der Waals surface area contributed by atoms with Gasteiger partial charge in [-0.3, -0.25) is 4.79 Å². The van der Waals surface area contributed by atoms with Crippen LogP contribution >= 0.6 is 0 Å². The molecule has 0 aliphatic rings. The van der Waals surface area contributed by atoms with E-state index in [1.165, 1.54) is 0 Å². The summed E-state index contributed by atoms with van der Waals surface area (Å²) in [7, 11) is 0. The van der Waals surface area contributed by atoms with Crippen LogP contribution in [0.2, 0.25) is 0 Å². The van der Waals surface area contributed by atoms with Crippen molar-refractivity contribution in [1.82, 2.24) is 25.5 Å². The van der Waals surface area contributed by atoms with Crippen LogP contribution in [0.25, 0.3) is 0 Å². The number of benzene rings is 1. The lowest BCUT2D eigenvalue weighted by molar-refractivity contribution is -0.124. The molecule has 1 aromatic carbocycles. The fourth-order valence-electron chi connectivity index (χ4n) is 2.28. The molecular formula is C18H28N6O2. The summed E-state index contributed by atoms with van der Waals surface area (Å²) in [6.45, 7) is 9.35. The highest BCUT2D eigenvalue weighted by molar-refractivity contribution is 5.78. The Hall–Kier alpha value is -2.64. The topological polar surface area (TPSA) is 94.0 Å². The number of carbonyl (C=O) groups is 1. The van der Waals surface area contributed by atoms with Gasteiger partial charge < -0.3 is 15.4 Å². The summed E-state index contributed by atoms with van der Waals surface area (Å²) in [5.41, 5.74) is 0.809. The summed E-state index contributed by atoms with van der Waals surface area (Å²) in [4.78, 5) is 11.8. The normalized spacial score (nSPS) is 11.2. The van der Waals surface area contributed by atoms with E-state index in [4.69, 9.17) is 4.74 Å². The van der Waals surface area contributed by atoms with E-state index in [-0.39, 0.29) is 18.1 Å². The van der Waals surface area contributed by atoms with E-state index in [9.17, 15) is 4.79 Å². The lowest BCUT2D eigenvalue weighted by Gasteiger charge is -2.20. The van der Waals surface area contributed by atoms with Gasteiger partial charge in [-0.05, 0) is 55.3 Å². The predicted molar refractivity (Wildman–Crippen MR) is 99.9 cm³/mol. The highest BCUT2D eigenvalue weighted by Crippen LogP contribution is 2.13. The number of aromatic nitrogens is 4. The highest BCUT2D eigenvalue weighted by Gasteiger charge is 2.13. The molecule has 2 rings (SSSR count). The van der Waals surface area contributed by atoms with Crippen molar-refractivity contribution in [3.63, 3.8) is 0 Å². The molecular weight excluding hydrogens is 332 g/mol. The zero-order valence-corrected chi connectivity index (χ0v) is 16.0. The molecule has 26 heavy (non-hydrogen) atoms. The molecule has 0 fully saturated rings. The van der Waals surface area contributed by atoms with Crippen molar-refractivity contribution in [2.75, 3.05) is 11.9 Å². The number of nitrogens with one attached hydrogen (secondary N) is 2. The van der Waals surface area contributed by atoms with Crippen molar-refractivity contribution < 1.29 is 9.53 Å². The first-order valence-electron chi connectivity index (χ1n) is 8.90. The van der Waals surface area contributed by atoms with Gasteiger partial charge >= 0.3 is 0 Å². The Morgan fingerprint density at radius 1 is 1.23 bits per heavy atom. The third kappa shape index (κ3) is 6.70. The Balaban J connectivity index is 1.80. The smallest absolute Gasteiger partial charge is 0.258 e. The van der Waals surface area contributed by atoms with Crippen molar-refractivity contribution in [1.29, 1.82) is 0 Å². The van der Waals surface area contributed by atoms with E-state index < -0.39 is 0 Å².